The molecule has 3 rings (SSSR count). The summed E-state index contributed by atoms with van der Waals surface area (Å²) in [4.78, 5) is 26.9. The molecule has 0 saturated heterocycles. The fourth-order valence-corrected chi connectivity index (χ4v) is 3.64. The summed E-state index contributed by atoms with van der Waals surface area (Å²) in [5.74, 6) is -2.15. The molecular formula is C20H17Cl2NO4. The molecule has 0 radical (unpaired) electrons. The number of carbonyl (C=O) groups is 2. The van der Waals surface area contributed by atoms with Gasteiger partial charge in [-0.3, -0.25) is 14.5 Å². The summed E-state index contributed by atoms with van der Waals surface area (Å²) in [6.45, 7) is 3.37. The number of hydrogen-bond acceptors (Lipinski definition) is 4. The first-order chi connectivity index (χ1) is 12.7. The van der Waals surface area contributed by atoms with Crippen LogP contribution in [0.25, 0.3) is 0 Å². The number of halogens is 2. The molecular weight excluding hydrogens is 389 g/mol. The molecule has 140 valence electrons. The molecule has 0 aromatic heterocycles. The summed E-state index contributed by atoms with van der Waals surface area (Å²) in [5, 5.41) is 21.0. The van der Waals surface area contributed by atoms with Crippen molar-refractivity contribution < 1.29 is 19.8 Å². The third-order valence-electron chi connectivity index (χ3n) is 4.31. The Morgan fingerprint density at radius 1 is 1.07 bits per heavy atom. The van der Waals surface area contributed by atoms with Crippen molar-refractivity contribution in [2.24, 2.45) is 5.92 Å². The third-order valence-corrected chi connectivity index (χ3v) is 4.75. The van der Waals surface area contributed by atoms with Gasteiger partial charge in [-0.1, -0.05) is 49.2 Å². The summed E-state index contributed by atoms with van der Waals surface area (Å²) < 4.78 is 0. The number of aliphatic hydroxyl groups is 1. The van der Waals surface area contributed by atoms with Crippen molar-refractivity contribution in [1.82, 2.24) is 0 Å². The molecule has 1 aliphatic heterocycles. The van der Waals surface area contributed by atoms with Crippen LogP contribution in [0, 0.1) is 5.92 Å². The first-order valence-corrected chi connectivity index (χ1v) is 9.02. The number of hydrogen-bond donors (Lipinski definition) is 2. The van der Waals surface area contributed by atoms with E-state index < -0.39 is 23.6 Å². The number of aromatic hydroxyl groups is 1. The van der Waals surface area contributed by atoms with Crippen molar-refractivity contribution in [1.29, 1.82) is 0 Å². The van der Waals surface area contributed by atoms with Crippen LogP contribution in [0.15, 0.2) is 53.8 Å². The van der Waals surface area contributed by atoms with Crippen LogP contribution in [0.5, 0.6) is 5.75 Å². The molecule has 7 heteroatoms. The molecule has 2 N–H and O–H groups in total. The monoisotopic (exact) mass is 405 g/mol. The minimum atomic E-state index is -0.908. The number of phenols is 1. The Morgan fingerprint density at radius 2 is 1.70 bits per heavy atom. The number of anilines is 1. The van der Waals surface area contributed by atoms with Gasteiger partial charge >= 0.3 is 0 Å². The highest BCUT2D eigenvalue weighted by molar-refractivity contribution is 6.35. The molecule has 0 spiro atoms. The van der Waals surface area contributed by atoms with Crippen LogP contribution in [0.4, 0.5) is 5.69 Å². The van der Waals surface area contributed by atoms with E-state index in [4.69, 9.17) is 23.2 Å². The average Bonchev–Trinajstić information content (AvgIpc) is 2.85. The second-order valence-corrected chi connectivity index (χ2v) is 7.45. The largest absolute Gasteiger partial charge is 0.508 e. The van der Waals surface area contributed by atoms with Crippen molar-refractivity contribution in [3.63, 3.8) is 0 Å². The zero-order valence-electron chi connectivity index (χ0n) is 14.6. The van der Waals surface area contributed by atoms with Gasteiger partial charge in [-0.25, -0.2) is 0 Å². The number of benzene rings is 2. The van der Waals surface area contributed by atoms with Gasteiger partial charge in [-0.05, 0) is 35.9 Å². The minimum Gasteiger partial charge on any atom is -0.508 e. The normalized spacial score (nSPS) is 17.1. The van der Waals surface area contributed by atoms with E-state index in [1.165, 1.54) is 35.2 Å². The van der Waals surface area contributed by atoms with E-state index in [2.05, 4.69) is 0 Å². The third kappa shape index (κ3) is 3.53. The Kier molecular flexibility index (Phi) is 5.18. The number of phenolic OH excluding ortho intramolecular Hbond substituents is 1. The van der Waals surface area contributed by atoms with E-state index in [1.807, 2.05) is 0 Å². The lowest BCUT2D eigenvalue weighted by atomic mass is 9.91. The molecule has 1 heterocycles. The molecule has 0 fully saturated rings. The van der Waals surface area contributed by atoms with Crippen LogP contribution >= 0.6 is 23.2 Å². The van der Waals surface area contributed by atoms with Gasteiger partial charge in [-0.15, -0.1) is 0 Å². The summed E-state index contributed by atoms with van der Waals surface area (Å²) in [7, 11) is 0. The van der Waals surface area contributed by atoms with Crippen LogP contribution in [-0.4, -0.2) is 21.9 Å². The topological polar surface area (TPSA) is 77.8 Å². The van der Waals surface area contributed by atoms with Gasteiger partial charge in [0.25, 0.3) is 5.91 Å². The number of aliphatic hydroxyl groups excluding tert-OH is 1. The van der Waals surface area contributed by atoms with E-state index in [0.29, 0.717) is 21.3 Å². The predicted octanol–water partition coefficient (Wildman–Crippen LogP) is 4.82. The van der Waals surface area contributed by atoms with Crippen molar-refractivity contribution in [2.75, 3.05) is 4.90 Å². The highest BCUT2D eigenvalue weighted by Crippen LogP contribution is 2.43. The molecule has 2 aromatic carbocycles. The zero-order chi connectivity index (χ0) is 19.9. The Bertz CT molecular complexity index is 948. The summed E-state index contributed by atoms with van der Waals surface area (Å²) in [5.41, 5.74) is 0.799. The van der Waals surface area contributed by atoms with Gasteiger partial charge in [0.15, 0.2) is 11.5 Å². The Morgan fingerprint density at radius 3 is 2.26 bits per heavy atom. The lowest BCUT2D eigenvalue weighted by molar-refractivity contribution is -0.119. The summed E-state index contributed by atoms with van der Waals surface area (Å²) in [6, 6.07) is 9.86. The van der Waals surface area contributed by atoms with Gasteiger partial charge in [0, 0.05) is 21.7 Å². The maximum absolute atomic E-state index is 12.9. The molecule has 27 heavy (non-hydrogen) atoms. The van der Waals surface area contributed by atoms with Gasteiger partial charge in [-0.2, -0.15) is 0 Å². The number of amides is 1. The van der Waals surface area contributed by atoms with E-state index in [9.17, 15) is 19.8 Å². The Labute approximate surface area is 166 Å². The minimum absolute atomic E-state index is 0.0169. The molecule has 2 aromatic rings. The van der Waals surface area contributed by atoms with Crippen LogP contribution < -0.4 is 4.90 Å². The quantitative estimate of drug-likeness (QED) is 0.763. The molecule has 1 atom stereocenters. The van der Waals surface area contributed by atoms with Crippen LogP contribution in [-0.2, 0) is 9.59 Å². The van der Waals surface area contributed by atoms with Crippen LogP contribution in [0.1, 0.15) is 25.5 Å². The average molecular weight is 406 g/mol. The number of carbonyl (C=O) groups excluding carboxylic acids is 2. The lowest BCUT2D eigenvalue weighted by Crippen LogP contribution is -2.31. The SMILES string of the molecule is CC(C)C(=O)C1=C(O)C(=O)N(c2cc(Cl)cc(Cl)c2)C1c1cccc(O)c1. The molecule has 1 aliphatic rings. The van der Waals surface area contributed by atoms with Gasteiger partial charge in [0.2, 0.25) is 0 Å². The fraction of sp³-hybridized carbons (Fsp3) is 0.200. The van der Waals surface area contributed by atoms with Crippen molar-refractivity contribution in [2.45, 2.75) is 19.9 Å². The Hall–Kier alpha value is -2.50. The first kappa shape index (κ1) is 19.3. The van der Waals surface area contributed by atoms with Gasteiger partial charge in [0.05, 0.1) is 11.6 Å². The standard InChI is InChI=1S/C20H17Cl2NO4/c1-10(2)18(25)16-17(11-4-3-5-15(24)6-11)23(20(27)19(16)26)14-8-12(21)7-13(22)9-14/h3-10,17,24,26H,1-2H3. The van der Waals surface area contributed by atoms with Crippen molar-refractivity contribution in [3.8, 4) is 5.75 Å². The van der Waals surface area contributed by atoms with Crippen LogP contribution in [0.2, 0.25) is 10.0 Å². The van der Waals surface area contributed by atoms with E-state index in [1.54, 1.807) is 26.0 Å². The second kappa shape index (κ2) is 7.25. The van der Waals surface area contributed by atoms with Crippen molar-refractivity contribution in [3.05, 3.63) is 69.4 Å². The van der Waals surface area contributed by atoms with E-state index in [0.717, 1.165) is 0 Å². The highest BCUT2D eigenvalue weighted by atomic mass is 35.5. The number of nitrogens with zero attached hydrogens (tertiary/aromatic N) is 1. The lowest BCUT2D eigenvalue weighted by Gasteiger charge is -2.27. The first-order valence-electron chi connectivity index (χ1n) is 8.26. The molecule has 1 unspecified atom stereocenters. The molecule has 0 aliphatic carbocycles. The smallest absolute Gasteiger partial charge is 0.294 e. The maximum Gasteiger partial charge on any atom is 0.294 e. The van der Waals surface area contributed by atoms with Gasteiger partial charge in [0.1, 0.15) is 5.75 Å². The predicted molar refractivity (Wildman–Crippen MR) is 104 cm³/mol. The molecule has 5 nitrogen and oxygen atoms in total. The second-order valence-electron chi connectivity index (χ2n) is 6.58. The Balaban J connectivity index is 2.23. The van der Waals surface area contributed by atoms with E-state index >= 15 is 0 Å². The molecule has 0 bridgehead atoms. The fourth-order valence-electron chi connectivity index (χ4n) is 3.12. The number of ketones is 1. The van der Waals surface area contributed by atoms with Crippen LogP contribution in [0.3, 0.4) is 0 Å². The highest BCUT2D eigenvalue weighted by Gasteiger charge is 2.45. The van der Waals surface area contributed by atoms with E-state index in [-0.39, 0.29) is 17.1 Å². The molecule has 1 amide bonds. The van der Waals surface area contributed by atoms with Crippen molar-refractivity contribution >= 4 is 40.6 Å². The molecule has 0 saturated carbocycles. The zero-order valence-corrected chi connectivity index (χ0v) is 16.1. The number of Topliss-reactive ketones (excluding diaryl/α,β-unsaturated/α-hetero) is 1. The summed E-state index contributed by atoms with van der Waals surface area (Å²) in [6.07, 6.45) is 0. The maximum atomic E-state index is 12.9. The number of rotatable bonds is 4. The summed E-state index contributed by atoms with van der Waals surface area (Å²) >= 11 is 12.2. The van der Waals surface area contributed by atoms with Gasteiger partial charge < -0.3 is 10.2 Å².